The number of ether oxygens (including phenoxy) is 2. The summed E-state index contributed by atoms with van der Waals surface area (Å²) in [4.78, 5) is 35.3. The molecule has 0 aliphatic carbocycles. The lowest BCUT2D eigenvalue weighted by atomic mass is 10.0. The van der Waals surface area contributed by atoms with Crippen molar-refractivity contribution in [1.29, 1.82) is 0 Å². The highest BCUT2D eigenvalue weighted by atomic mass is 31.2. The van der Waals surface area contributed by atoms with Crippen LogP contribution in [0.15, 0.2) is 72.9 Å². The largest absolute Gasteiger partial charge is 0.472 e. The molecular weight excluding hydrogens is 954 g/mol. The van der Waals surface area contributed by atoms with Crippen LogP contribution < -0.4 is 5.73 Å². The molecule has 3 N–H and O–H groups in total. The molecule has 2 unspecified atom stereocenters. The van der Waals surface area contributed by atoms with Gasteiger partial charge in [-0.25, -0.2) is 4.57 Å². The van der Waals surface area contributed by atoms with Crippen molar-refractivity contribution < 1.29 is 37.6 Å². The lowest BCUT2D eigenvalue weighted by molar-refractivity contribution is -0.161. The Morgan fingerprint density at radius 3 is 1.09 bits per heavy atom. The van der Waals surface area contributed by atoms with Gasteiger partial charge in [-0.1, -0.05) is 292 Å². The average molecular weight is 1070 g/mol. The molecule has 2 atom stereocenters. The number of hydrogen-bond acceptors (Lipinski definition) is 8. The maximum absolute atomic E-state index is 12.7. The molecule has 0 aliphatic heterocycles. The van der Waals surface area contributed by atoms with Gasteiger partial charge in [0.05, 0.1) is 13.2 Å². The molecule has 0 saturated heterocycles. The molecule has 0 bridgehead atoms. The maximum Gasteiger partial charge on any atom is 0.472 e. The second-order valence-electron chi connectivity index (χ2n) is 20.9. The molecule has 0 radical (unpaired) electrons. The number of carbonyl (C=O) groups excluding carboxylic acids is 2. The van der Waals surface area contributed by atoms with Crippen LogP contribution in [0.2, 0.25) is 0 Å². The molecule has 0 aromatic heterocycles. The van der Waals surface area contributed by atoms with Gasteiger partial charge >= 0.3 is 19.8 Å². The van der Waals surface area contributed by atoms with Gasteiger partial charge in [0.2, 0.25) is 0 Å². The molecule has 75 heavy (non-hydrogen) atoms. The summed E-state index contributed by atoms with van der Waals surface area (Å²) in [5, 5.41) is 0. The predicted molar refractivity (Wildman–Crippen MR) is 321 cm³/mol. The van der Waals surface area contributed by atoms with E-state index in [4.69, 9.17) is 24.3 Å². The van der Waals surface area contributed by atoms with Crippen molar-refractivity contribution in [3.63, 3.8) is 0 Å². The highest BCUT2D eigenvalue weighted by Gasteiger charge is 2.26. The van der Waals surface area contributed by atoms with Gasteiger partial charge in [0, 0.05) is 19.4 Å². The van der Waals surface area contributed by atoms with Gasteiger partial charge in [-0.3, -0.25) is 18.6 Å². The second-order valence-corrected chi connectivity index (χ2v) is 22.4. The van der Waals surface area contributed by atoms with Crippen molar-refractivity contribution in [2.24, 2.45) is 5.73 Å². The standard InChI is InChI=1S/C65H118NO8P/c1-3-5-7-9-11-13-15-17-19-21-23-25-27-29-31-33-35-37-39-41-43-45-47-49-51-53-55-57-64(67)71-61-63(62-73-75(69,70)72-60-59-66)74-65(68)58-56-54-52-50-48-46-44-42-40-38-36-34-32-30-28-26-24-22-20-18-16-14-12-10-8-6-4-2/h6,8,12,14,18,20,24,26,30,32,36,38,63H,3-5,7,9-11,13,15-17,19,21-23,25,27-29,31,33-35,37,39-62,66H2,1-2H3,(H,69,70)/b8-6-,14-12-,20-18-,26-24-,32-30-,38-36-. The Morgan fingerprint density at radius 1 is 0.413 bits per heavy atom. The number of nitrogens with two attached hydrogens (primary N) is 1. The topological polar surface area (TPSA) is 134 Å². The molecule has 0 heterocycles. The molecule has 0 saturated carbocycles. The zero-order valence-electron chi connectivity index (χ0n) is 48.8. The molecule has 0 rings (SSSR count). The van der Waals surface area contributed by atoms with E-state index in [1.165, 1.54) is 180 Å². The fourth-order valence-corrected chi connectivity index (χ4v) is 9.76. The summed E-state index contributed by atoms with van der Waals surface area (Å²) in [6, 6.07) is 0. The molecule has 436 valence electrons. The normalized spacial score (nSPS) is 13.5. The van der Waals surface area contributed by atoms with E-state index in [1.54, 1.807) is 0 Å². The van der Waals surface area contributed by atoms with E-state index in [0.29, 0.717) is 6.42 Å². The molecule has 0 aromatic rings. The van der Waals surface area contributed by atoms with Crippen LogP contribution in [0.4, 0.5) is 0 Å². The molecule has 0 fully saturated rings. The van der Waals surface area contributed by atoms with Crippen molar-refractivity contribution in [1.82, 2.24) is 0 Å². The molecule has 0 spiro atoms. The third kappa shape index (κ3) is 60.5. The summed E-state index contributed by atoms with van der Waals surface area (Å²) in [5.41, 5.74) is 5.39. The minimum Gasteiger partial charge on any atom is -0.462 e. The van der Waals surface area contributed by atoms with E-state index in [1.807, 2.05) is 0 Å². The third-order valence-corrected chi connectivity index (χ3v) is 14.6. The smallest absolute Gasteiger partial charge is 0.462 e. The van der Waals surface area contributed by atoms with Crippen LogP contribution >= 0.6 is 7.82 Å². The molecule has 0 aliphatic rings. The summed E-state index contributed by atoms with van der Waals surface area (Å²) in [6.45, 7) is 3.66. The number of esters is 2. The highest BCUT2D eigenvalue weighted by molar-refractivity contribution is 7.47. The second kappa shape index (κ2) is 60.7. The van der Waals surface area contributed by atoms with Gasteiger partial charge in [0.1, 0.15) is 6.61 Å². The first kappa shape index (κ1) is 72.5. The van der Waals surface area contributed by atoms with Gasteiger partial charge in [0.15, 0.2) is 6.10 Å². The number of unbranched alkanes of at least 4 members (excludes halogenated alkanes) is 34. The molecule has 10 heteroatoms. The summed E-state index contributed by atoms with van der Waals surface area (Å²) in [7, 11) is -4.39. The maximum atomic E-state index is 12.7. The van der Waals surface area contributed by atoms with E-state index < -0.39 is 26.5 Å². The Hall–Kier alpha value is -2.55. The van der Waals surface area contributed by atoms with Crippen molar-refractivity contribution in [3.8, 4) is 0 Å². The van der Waals surface area contributed by atoms with Crippen LogP contribution in [-0.4, -0.2) is 49.3 Å². The van der Waals surface area contributed by atoms with Crippen molar-refractivity contribution in [3.05, 3.63) is 72.9 Å². The first-order chi connectivity index (χ1) is 36.8. The molecule has 0 amide bonds. The Kier molecular flexibility index (Phi) is 58.6. The van der Waals surface area contributed by atoms with Crippen LogP contribution in [0.25, 0.3) is 0 Å². The van der Waals surface area contributed by atoms with Crippen molar-refractivity contribution >= 4 is 19.8 Å². The summed E-state index contributed by atoms with van der Waals surface area (Å²) in [5.74, 6) is -0.828. The minimum atomic E-state index is -4.39. The number of allylic oxidation sites excluding steroid dienone is 12. The van der Waals surface area contributed by atoms with Gasteiger partial charge in [-0.2, -0.15) is 0 Å². The SMILES string of the molecule is CC/C=C\C/C=C\C/C=C\C/C=C\C/C=C\C/C=C\CCCCCCCCCCC(=O)OC(COC(=O)CCCCCCCCCCCCCCCCCCCCCCCCCCCCC)COP(=O)(O)OCCN. The Labute approximate surface area is 462 Å². The van der Waals surface area contributed by atoms with Gasteiger partial charge in [-0.15, -0.1) is 0 Å². The van der Waals surface area contributed by atoms with Crippen LogP contribution in [0, 0.1) is 0 Å². The Bertz CT molecular complexity index is 1460. The molecule has 0 aromatic carbocycles. The van der Waals surface area contributed by atoms with E-state index in [0.717, 1.165) is 83.5 Å². The van der Waals surface area contributed by atoms with Crippen molar-refractivity contribution in [2.75, 3.05) is 26.4 Å². The fraction of sp³-hybridized carbons (Fsp3) is 0.785. The Balaban J connectivity index is 3.94. The van der Waals surface area contributed by atoms with Crippen LogP contribution in [0.5, 0.6) is 0 Å². The highest BCUT2D eigenvalue weighted by Crippen LogP contribution is 2.43. The van der Waals surface area contributed by atoms with Crippen LogP contribution in [-0.2, 0) is 32.7 Å². The first-order valence-corrected chi connectivity index (χ1v) is 32.9. The fourth-order valence-electron chi connectivity index (χ4n) is 9.00. The lowest BCUT2D eigenvalue weighted by Gasteiger charge is -2.19. The summed E-state index contributed by atoms with van der Waals surface area (Å²) >= 11 is 0. The monoisotopic (exact) mass is 1070 g/mol. The van der Waals surface area contributed by atoms with E-state index >= 15 is 0 Å². The van der Waals surface area contributed by atoms with E-state index in [-0.39, 0.29) is 38.6 Å². The van der Waals surface area contributed by atoms with Crippen LogP contribution in [0.3, 0.4) is 0 Å². The van der Waals surface area contributed by atoms with Crippen LogP contribution in [0.1, 0.15) is 296 Å². The quantitative estimate of drug-likeness (QED) is 0.0264. The lowest BCUT2D eigenvalue weighted by Crippen LogP contribution is -2.29. The van der Waals surface area contributed by atoms with E-state index in [9.17, 15) is 19.0 Å². The van der Waals surface area contributed by atoms with Crippen molar-refractivity contribution in [2.45, 2.75) is 302 Å². The van der Waals surface area contributed by atoms with Gasteiger partial charge in [-0.05, 0) is 64.2 Å². The zero-order chi connectivity index (χ0) is 54.5. The Morgan fingerprint density at radius 2 is 0.733 bits per heavy atom. The first-order valence-electron chi connectivity index (χ1n) is 31.4. The molecule has 9 nitrogen and oxygen atoms in total. The summed E-state index contributed by atoms with van der Waals surface area (Å²) in [6.07, 6.45) is 78.3. The zero-order valence-corrected chi connectivity index (χ0v) is 49.7. The number of phosphoric ester groups is 1. The van der Waals surface area contributed by atoms with E-state index in [2.05, 4.69) is 86.8 Å². The van der Waals surface area contributed by atoms with Gasteiger partial charge in [0.25, 0.3) is 0 Å². The molecular formula is C65H118NO8P. The van der Waals surface area contributed by atoms with Gasteiger partial charge < -0.3 is 20.1 Å². The minimum absolute atomic E-state index is 0.0503. The number of rotatable bonds is 59. The number of carbonyl (C=O) groups is 2. The average Bonchev–Trinajstić information content (AvgIpc) is 3.40. The predicted octanol–water partition coefficient (Wildman–Crippen LogP) is 20.1. The number of hydrogen-bond donors (Lipinski definition) is 2. The third-order valence-electron chi connectivity index (χ3n) is 13.6. The summed E-state index contributed by atoms with van der Waals surface area (Å²) < 4.78 is 33.1. The number of phosphoric acid groups is 1.